The van der Waals surface area contributed by atoms with Crippen molar-refractivity contribution in [3.8, 4) is 28.1 Å². The summed E-state index contributed by atoms with van der Waals surface area (Å²) in [5.74, 6) is 0.737. The zero-order valence-corrected chi connectivity index (χ0v) is 18.7. The first-order valence-corrected chi connectivity index (χ1v) is 11.1. The largest absolute Gasteiger partial charge is 0.497 e. The van der Waals surface area contributed by atoms with E-state index in [4.69, 9.17) is 15.5 Å². The van der Waals surface area contributed by atoms with E-state index in [9.17, 15) is 4.79 Å². The van der Waals surface area contributed by atoms with Gasteiger partial charge in [0, 0.05) is 24.0 Å². The van der Waals surface area contributed by atoms with Gasteiger partial charge < -0.3 is 15.4 Å². The Bertz CT molecular complexity index is 1210. The van der Waals surface area contributed by atoms with Crippen molar-refractivity contribution in [2.45, 2.75) is 13.8 Å². The Morgan fingerprint density at radius 1 is 1.03 bits per heavy atom. The normalized spacial score (nSPS) is 10.9. The molecule has 2 N–H and O–H groups in total. The third-order valence-electron chi connectivity index (χ3n) is 5.41. The third-order valence-corrected chi connectivity index (χ3v) is 6.50. The molecule has 2 heterocycles. The zero-order valence-electron chi connectivity index (χ0n) is 17.9. The molecule has 0 aliphatic rings. The van der Waals surface area contributed by atoms with E-state index >= 15 is 0 Å². The Labute approximate surface area is 186 Å². The van der Waals surface area contributed by atoms with Crippen molar-refractivity contribution in [2.24, 2.45) is 0 Å². The van der Waals surface area contributed by atoms with Crippen LogP contribution in [0.4, 0.5) is 5.69 Å². The lowest BCUT2D eigenvalue weighted by atomic mass is 9.99. The number of carbonyl (C=O) groups is 1. The number of hydrogen-bond acceptors (Lipinski definition) is 5. The second-order valence-corrected chi connectivity index (χ2v) is 8.15. The Morgan fingerprint density at radius 3 is 2.32 bits per heavy atom. The molecule has 2 aromatic heterocycles. The third kappa shape index (κ3) is 3.86. The Hall–Kier alpha value is -3.38. The van der Waals surface area contributed by atoms with E-state index in [1.165, 1.54) is 11.3 Å². The second kappa shape index (κ2) is 8.78. The molecular weight excluding hydrogens is 406 g/mol. The van der Waals surface area contributed by atoms with Crippen molar-refractivity contribution >= 4 is 33.1 Å². The van der Waals surface area contributed by atoms with E-state index in [1.54, 1.807) is 12.0 Å². The predicted molar refractivity (Wildman–Crippen MR) is 129 cm³/mol. The van der Waals surface area contributed by atoms with Gasteiger partial charge in [0.25, 0.3) is 5.91 Å². The van der Waals surface area contributed by atoms with Crippen LogP contribution in [0.5, 0.6) is 5.75 Å². The first-order valence-electron chi connectivity index (χ1n) is 10.3. The lowest BCUT2D eigenvalue weighted by molar-refractivity contribution is 0.0779. The van der Waals surface area contributed by atoms with E-state index in [1.807, 2.05) is 74.5 Å². The molecule has 0 saturated heterocycles. The van der Waals surface area contributed by atoms with Crippen molar-refractivity contribution in [2.75, 3.05) is 25.9 Å². The molecule has 158 valence electrons. The Kier molecular flexibility index (Phi) is 5.91. The van der Waals surface area contributed by atoms with E-state index in [-0.39, 0.29) is 5.91 Å². The SMILES string of the molecule is CCN(CC)C(=O)c1sc2nc(-c3ccccc3)cc(-c3ccc(OC)cc3)c2c1N. The van der Waals surface area contributed by atoms with Crippen LogP contribution >= 0.6 is 11.3 Å². The number of rotatable bonds is 6. The number of thiophene rings is 1. The monoisotopic (exact) mass is 431 g/mol. The molecule has 0 aliphatic heterocycles. The number of aromatic nitrogens is 1. The number of fused-ring (bicyclic) bond motifs is 1. The average Bonchev–Trinajstić information content (AvgIpc) is 3.16. The van der Waals surface area contributed by atoms with Crippen LogP contribution in [-0.2, 0) is 0 Å². The van der Waals surface area contributed by atoms with Gasteiger partial charge in [0.05, 0.1) is 18.5 Å². The van der Waals surface area contributed by atoms with Crippen LogP contribution in [0.1, 0.15) is 23.5 Å². The topological polar surface area (TPSA) is 68.5 Å². The first kappa shape index (κ1) is 20.9. The summed E-state index contributed by atoms with van der Waals surface area (Å²) in [4.78, 5) is 21.1. The summed E-state index contributed by atoms with van der Waals surface area (Å²) in [7, 11) is 1.65. The molecule has 0 aliphatic carbocycles. The molecule has 1 amide bonds. The van der Waals surface area contributed by atoms with Gasteiger partial charge in [-0.1, -0.05) is 42.5 Å². The molecule has 4 rings (SSSR count). The summed E-state index contributed by atoms with van der Waals surface area (Å²) in [5, 5.41) is 0.824. The molecule has 2 aromatic carbocycles. The maximum absolute atomic E-state index is 13.1. The standard InChI is InChI=1S/C25H25N3O2S/c1-4-28(5-2)25(29)23-22(26)21-19(16-11-13-18(30-3)14-12-16)15-20(27-24(21)31-23)17-9-7-6-8-10-17/h6-15H,4-5,26H2,1-3H3. The molecule has 4 aromatic rings. The van der Waals surface area contributed by atoms with Crippen molar-refractivity contribution < 1.29 is 9.53 Å². The van der Waals surface area contributed by atoms with Crippen LogP contribution in [0.15, 0.2) is 60.7 Å². The Balaban J connectivity index is 1.97. The smallest absolute Gasteiger partial charge is 0.266 e. The summed E-state index contributed by atoms with van der Waals surface area (Å²) < 4.78 is 5.31. The number of methoxy groups -OCH3 is 1. The van der Waals surface area contributed by atoms with Crippen LogP contribution < -0.4 is 10.5 Å². The molecule has 31 heavy (non-hydrogen) atoms. The molecule has 6 heteroatoms. The van der Waals surface area contributed by atoms with Gasteiger partial charge in [-0.25, -0.2) is 4.98 Å². The van der Waals surface area contributed by atoms with Crippen LogP contribution in [0.3, 0.4) is 0 Å². The zero-order chi connectivity index (χ0) is 22.0. The van der Waals surface area contributed by atoms with Gasteiger partial charge in [-0.2, -0.15) is 0 Å². The van der Waals surface area contributed by atoms with Crippen LogP contribution in [-0.4, -0.2) is 36.0 Å². The highest BCUT2D eigenvalue weighted by Gasteiger charge is 2.24. The number of nitrogen functional groups attached to an aromatic ring is 1. The fourth-order valence-electron chi connectivity index (χ4n) is 3.69. The van der Waals surface area contributed by atoms with Gasteiger partial charge >= 0.3 is 0 Å². The molecule has 0 unspecified atom stereocenters. The molecule has 0 fully saturated rings. The summed E-state index contributed by atoms with van der Waals surface area (Å²) in [6.45, 7) is 5.22. The molecule has 0 atom stereocenters. The number of hydrogen-bond donors (Lipinski definition) is 1. The summed E-state index contributed by atoms with van der Waals surface area (Å²) in [5.41, 5.74) is 10.9. The molecule has 0 spiro atoms. The lowest BCUT2D eigenvalue weighted by Crippen LogP contribution is -2.30. The fourth-order valence-corrected chi connectivity index (χ4v) is 4.78. The quantitative estimate of drug-likeness (QED) is 0.425. The van der Waals surface area contributed by atoms with Gasteiger partial charge in [0.1, 0.15) is 15.5 Å². The number of benzene rings is 2. The van der Waals surface area contributed by atoms with Crippen LogP contribution in [0.25, 0.3) is 32.6 Å². The van der Waals surface area contributed by atoms with Crippen molar-refractivity contribution in [1.82, 2.24) is 9.88 Å². The number of amides is 1. The predicted octanol–water partition coefficient (Wildman–Crippen LogP) is 5.70. The fraction of sp³-hybridized carbons (Fsp3) is 0.200. The van der Waals surface area contributed by atoms with Gasteiger partial charge in [0.2, 0.25) is 0 Å². The highest BCUT2D eigenvalue weighted by Crippen LogP contribution is 2.42. The number of carbonyl (C=O) groups excluding carboxylic acids is 1. The van der Waals surface area contributed by atoms with Crippen LogP contribution in [0.2, 0.25) is 0 Å². The highest BCUT2D eigenvalue weighted by molar-refractivity contribution is 7.21. The van der Waals surface area contributed by atoms with Crippen molar-refractivity contribution in [3.05, 3.63) is 65.5 Å². The molecule has 0 bridgehead atoms. The van der Waals surface area contributed by atoms with E-state index < -0.39 is 0 Å². The maximum atomic E-state index is 13.1. The van der Waals surface area contributed by atoms with E-state index in [2.05, 4.69) is 0 Å². The van der Waals surface area contributed by atoms with Gasteiger partial charge in [-0.05, 0) is 43.2 Å². The number of nitrogens with zero attached hydrogens (tertiary/aromatic N) is 2. The summed E-state index contributed by atoms with van der Waals surface area (Å²) in [6.07, 6.45) is 0. The minimum Gasteiger partial charge on any atom is -0.497 e. The average molecular weight is 432 g/mol. The number of anilines is 1. The number of nitrogens with two attached hydrogens (primary N) is 1. The summed E-state index contributed by atoms with van der Waals surface area (Å²) in [6, 6.07) is 19.9. The van der Waals surface area contributed by atoms with Gasteiger partial charge in [-0.15, -0.1) is 11.3 Å². The van der Waals surface area contributed by atoms with Gasteiger partial charge in [-0.3, -0.25) is 4.79 Å². The molecular formula is C25H25N3O2S. The molecule has 5 nitrogen and oxygen atoms in total. The highest BCUT2D eigenvalue weighted by atomic mass is 32.1. The maximum Gasteiger partial charge on any atom is 0.266 e. The Morgan fingerprint density at radius 2 is 1.71 bits per heavy atom. The van der Waals surface area contributed by atoms with Crippen molar-refractivity contribution in [1.29, 1.82) is 0 Å². The lowest BCUT2D eigenvalue weighted by Gasteiger charge is -2.17. The van der Waals surface area contributed by atoms with E-state index in [0.717, 1.165) is 38.4 Å². The van der Waals surface area contributed by atoms with E-state index in [0.29, 0.717) is 23.7 Å². The minimum atomic E-state index is -0.0487. The van der Waals surface area contributed by atoms with Crippen LogP contribution in [0, 0.1) is 0 Å². The molecule has 0 saturated carbocycles. The summed E-state index contributed by atoms with van der Waals surface area (Å²) >= 11 is 1.36. The first-order chi connectivity index (χ1) is 15.1. The minimum absolute atomic E-state index is 0.0487. The molecule has 0 radical (unpaired) electrons. The second-order valence-electron chi connectivity index (χ2n) is 7.15. The number of pyridine rings is 1. The number of ether oxygens (including phenoxy) is 1. The van der Waals surface area contributed by atoms with Crippen molar-refractivity contribution in [3.63, 3.8) is 0 Å². The van der Waals surface area contributed by atoms with Gasteiger partial charge in [0.15, 0.2) is 0 Å².